The smallest absolute Gasteiger partial charge is 0.263 e. The number of rotatable bonds is 4. The van der Waals surface area contributed by atoms with Gasteiger partial charge in [-0.1, -0.05) is 25.1 Å². The fourth-order valence-corrected chi connectivity index (χ4v) is 3.42. The van der Waals surface area contributed by atoms with Crippen LogP contribution in [0.4, 0.5) is 5.95 Å². The number of aromatic amines is 2. The zero-order valence-corrected chi connectivity index (χ0v) is 15.9. The van der Waals surface area contributed by atoms with Gasteiger partial charge in [0.05, 0.1) is 25.0 Å². The molecule has 0 radical (unpaired) electrons. The molecule has 1 aliphatic heterocycles. The van der Waals surface area contributed by atoms with Crippen molar-refractivity contribution in [2.24, 2.45) is 0 Å². The van der Waals surface area contributed by atoms with Gasteiger partial charge in [0.25, 0.3) is 5.56 Å². The number of ether oxygens (including phenoxy) is 1. The highest BCUT2D eigenvalue weighted by Gasteiger charge is 2.27. The quantitative estimate of drug-likeness (QED) is 0.538. The number of hydrogen-bond acceptors (Lipinski definition) is 7. The molecule has 0 bridgehead atoms. The van der Waals surface area contributed by atoms with Crippen molar-refractivity contribution < 1.29 is 4.74 Å². The summed E-state index contributed by atoms with van der Waals surface area (Å²) in [4.78, 5) is 26.7. The number of benzene rings is 1. The standard InChI is InChI=1S/C19H20N8O2/c1-2-15-21-16(25-24-15)14-11-26(8-9-29-14)19-22-17-13(18(28)23-19)10-20-27(17)12-6-4-3-5-7-12/h3-7,10,14H,2,8-9,11H2,1H3,(H,21,24,25)(H,22,23,28). The summed E-state index contributed by atoms with van der Waals surface area (Å²) in [5.41, 5.74) is 1.14. The summed E-state index contributed by atoms with van der Waals surface area (Å²) < 4.78 is 7.52. The van der Waals surface area contributed by atoms with Crippen molar-refractivity contribution in [3.63, 3.8) is 0 Å². The molecule has 0 aliphatic carbocycles. The maximum atomic E-state index is 12.6. The van der Waals surface area contributed by atoms with E-state index in [2.05, 4.69) is 25.3 Å². The van der Waals surface area contributed by atoms with E-state index in [1.54, 1.807) is 10.9 Å². The molecule has 1 unspecified atom stereocenters. The molecule has 0 amide bonds. The third-order valence-electron chi connectivity index (χ3n) is 4.96. The van der Waals surface area contributed by atoms with Gasteiger partial charge in [-0.25, -0.2) is 9.67 Å². The minimum Gasteiger partial charge on any atom is -0.366 e. The summed E-state index contributed by atoms with van der Waals surface area (Å²) in [5.74, 6) is 1.92. The van der Waals surface area contributed by atoms with Crippen LogP contribution in [0, 0.1) is 0 Å². The SMILES string of the molecule is CCc1nc(C2CN(c3nc4c(cnn4-c4ccccc4)c(=O)[nH]3)CCO2)n[nH]1. The predicted molar refractivity (Wildman–Crippen MR) is 106 cm³/mol. The van der Waals surface area contributed by atoms with E-state index in [0.717, 1.165) is 17.9 Å². The van der Waals surface area contributed by atoms with Crippen molar-refractivity contribution in [3.8, 4) is 5.69 Å². The average Bonchev–Trinajstić information content (AvgIpc) is 3.42. The van der Waals surface area contributed by atoms with Crippen molar-refractivity contribution >= 4 is 17.0 Å². The number of morpholine rings is 1. The predicted octanol–water partition coefficient (Wildman–Crippen LogP) is 1.37. The molecular formula is C19H20N8O2. The van der Waals surface area contributed by atoms with Crippen molar-refractivity contribution in [1.82, 2.24) is 34.9 Å². The first-order valence-corrected chi connectivity index (χ1v) is 9.54. The molecule has 1 aliphatic rings. The lowest BCUT2D eigenvalue weighted by atomic mass is 10.2. The molecule has 5 rings (SSSR count). The molecule has 4 heterocycles. The zero-order chi connectivity index (χ0) is 19.8. The Balaban J connectivity index is 1.50. The molecule has 4 aromatic rings. The Bertz CT molecular complexity index is 1200. The summed E-state index contributed by atoms with van der Waals surface area (Å²) >= 11 is 0. The Morgan fingerprint density at radius 3 is 2.90 bits per heavy atom. The van der Waals surface area contributed by atoms with Crippen LogP contribution in [0.1, 0.15) is 24.7 Å². The van der Waals surface area contributed by atoms with E-state index in [1.807, 2.05) is 42.2 Å². The second-order valence-corrected chi connectivity index (χ2v) is 6.82. The second kappa shape index (κ2) is 7.13. The molecule has 10 heteroatoms. The van der Waals surface area contributed by atoms with Gasteiger partial charge in [0.1, 0.15) is 17.3 Å². The minimum atomic E-state index is -0.291. The van der Waals surface area contributed by atoms with Gasteiger partial charge in [0.15, 0.2) is 11.5 Å². The lowest BCUT2D eigenvalue weighted by Crippen LogP contribution is -2.40. The highest BCUT2D eigenvalue weighted by atomic mass is 16.5. The van der Waals surface area contributed by atoms with Crippen molar-refractivity contribution in [3.05, 3.63) is 58.5 Å². The summed E-state index contributed by atoms with van der Waals surface area (Å²) in [6.45, 7) is 3.60. The molecule has 0 spiro atoms. The molecule has 148 valence electrons. The summed E-state index contributed by atoms with van der Waals surface area (Å²) in [7, 11) is 0. The average molecular weight is 392 g/mol. The molecule has 10 nitrogen and oxygen atoms in total. The van der Waals surface area contributed by atoms with Gasteiger partial charge in [-0.05, 0) is 12.1 Å². The Hall–Kier alpha value is -3.53. The van der Waals surface area contributed by atoms with Gasteiger partial charge in [-0.15, -0.1) is 0 Å². The molecule has 29 heavy (non-hydrogen) atoms. The molecule has 1 saturated heterocycles. The monoisotopic (exact) mass is 392 g/mol. The third-order valence-corrected chi connectivity index (χ3v) is 4.96. The molecule has 2 N–H and O–H groups in total. The van der Waals surface area contributed by atoms with Crippen LogP contribution in [-0.2, 0) is 11.2 Å². The molecule has 0 saturated carbocycles. The summed E-state index contributed by atoms with van der Waals surface area (Å²) in [6.07, 6.45) is 2.03. The van der Waals surface area contributed by atoms with Crippen LogP contribution in [-0.4, -0.2) is 54.6 Å². The van der Waals surface area contributed by atoms with Gasteiger partial charge < -0.3 is 9.64 Å². The van der Waals surface area contributed by atoms with Crippen molar-refractivity contribution in [2.75, 3.05) is 24.6 Å². The van der Waals surface area contributed by atoms with Crippen LogP contribution >= 0.6 is 0 Å². The first-order chi connectivity index (χ1) is 14.2. The lowest BCUT2D eigenvalue weighted by molar-refractivity contribution is 0.0337. The van der Waals surface area contributed by atoms with E-state index in [9.17, 15) is 4.79 Å². The van der Waals surface area contributed by atoms with E-state index in [4.69, 9.17) is 9.72 Å². The van der Waals surface area contributed by atoms with E-state index in [-0.39, 0.29) is 11.7 Å². The Morgan fingerprint density at radius 2 is 2.10 bits per heavy atom. The zero-order valence-electron chi connectivity index (χ0n) is 15.9. The number of aromatic nitrogens is 7. The van der Waals surface area contributed by atoms with Crippen molar-refractivity contribution in [1.29, 1.82) is 0 Å². The number of para-hydroxylation sites is 1. The topological polar surface area (TPSA) is 118 Å². The number of nitrogens with one attached hydrogen (secondary N) is 2. The Morgan fingerprint density at radius 1 is 1.24 bits per heavy atom. The normalized spacial score (nSPS) is 17.1. The molecule has 1 fully saturated rings. The largest absolute Gasteiger partial charge is 0.366 e. The fraction of sp³-hybridized carbons (Fsp3) is 0.316. The first-order valence-electron chi connectivity index (χ1n) is 9.54. The van der Waals surface area contributed by atoms with Crippen LogP contribution in [0.5, 0.6) is 0 Å². The molecule has 3 aromatic heterocycles. The maximum Gasteiger partial charge on any atom is 0.263 e. The lowest BCUT2D eigenvalue weighted by Gasteiger charge is -2.31. The van der Waals surface area contributed by atoms with Crippen LogP contribution in [0.2, 0.25) is 0 Å². The van der Waals surface area contributed by atoms with Crippen LogP contribution < -0.4 is 10.5 Å². The Kier molecular flexibility index (Phi) is 4.32. The van der Waals surface area contributed by atoms with E-state index in [0.29, 0.717) is 42.5 Å². The molecule has 1 atom stereocenters. The van der Waals surface area contributed by atoms with Gasteiger partial charge in [-0.2, -0.15) is 15.2 Å². The number of fused-ring (bicyclic) bond motifs is 1. The van der Waals surface area contributed by atoms with Gasteiger partial charge in [-0.3, -0.25) is 14.9 Å². The van der Waals surface area contributed by atoms with E-state index < -0.39 is 0 Å². The number of hydrogen-bond donors (Lipinski definition) is 2. The number of nitrogens with zero attached hydrogens (tertiary/aromatic N) is 6. The number of aryl methyl sites for hydroxylation is 1. The summed E-state index contributed by atoms with van der Waals surface area (Å²) in [5, 5.41) is 12.0. The second-order valence-electron chi connectivity index (χ2n) is 6.82. The number of H-pyrrole nitrogens is 2. The number of anilines is 1. The minimum absolute atomic E-state index is 0.221. The fourth-order valence-electron chi connectivity index (χ4n) is 3.42. The highest BCUT2D eigenvalue weighted by Crippen LogP contribution is 2.23. The Labute approximate surface area is 165 Å². The molecule has 1 aromatic carbocycles. The third kappa shape index (κ3) is 3.17. The first kappa shape index (κ1) is 17.6. The van der Waals surface area contributed by atoms with Crippen LogP contribution in [0.15, 0.2) is 41.3 Å². The highest BCUT2D eigenvalue weighted by molar-refractivity contribution is 5.76. The van der Waals surface area contributed by atoms with E-state index in [1.165, 1.54) is 0 Å². The van der Waals surface area contributed by atoms with Gasteiger partial charge in [0.2, 0.25) is 5.95 Å². The summed E-state index contributed by atoms with van der Waals surface area (Å²) in [6, 6.07) is 9.63. The van der Waals surface area contributed by atoms with Gasteiger partial charge >= 0.3 is 0 Å². The van der Waals surface area contributed by atoms with Crippen LogP contribution in [0.25, 0.3) is 16.7 Å². The van der Waals surface area contributed by atoms with Crippen LogP contribution in [0.3, 0.4) is 0 Å². The van der Waals surface area contributed by atoms with Crippen molar-refractivity contribution in [2.45, 2.75) is 19.4 Å². The van der Waals surface area contributed by atoms with E-state index >= 15 is 0 Å². The maximum absolute atomic E-state index is 12.6. The van der Waals surface area contributed by atoms with Gasteiger partial charge in [0, 0.05) is 13.0 Å². The molecular weight excluding hydrogens is 372 g/mol.